The molecule has 2 heterocycles. The van der Waals surface area contributed by atoms with Crippen molar-refractivity contribution in [3.63, 3.8) is 0 Å². The van der Waals surface area contributed by atoms with Crippen LogP contribution in [0.15, 0.2) is 24.4 Å². The van der Waals surface area contributed by atoms with Crippen molar-refractivity contribution in [1.29, 1.82) is 0 Å². The molecular formula is C14H16FN5O. The van der Waals surface area contributed by atoms with Crippen molar-refractivity contribution < 1.29 is 9.18 Å². The first-order chi connectivity index (χ1) is 10.1. The van der Waals surface area contributed by atoms with Gasteiger partial charge in [-0.1, -0.05) is 17.3 Å². The highest BCUT2D eigenvalue weighted by atomic mass is 19.1. The average Bonchev–Trinajstić information content (AvgIpc) is 2.87. The SMILES string of the molecule is Cc1ccc(CNC(=O)c2cn(C3CNC3)nn2)cc1F. The summed E-state index contributed by atoms with van der Waals surface area (Å²) < 4.78 is 15.1. The Kier molecular flexibility index (Phi) is 3.66. The number of aryl methyl sites for hydroxylation is 1. The normalized spacial score (nSPS) is 14.8. The number of rotatable bonds is 4. The van der Waals surface area contributed by atoms with Gasteiger partial charge in [0.25, 0.3) is 5.91 Å². The van der Waals surface area contributed by atoms with Crippen molar-refractivity contribution in [2.75, 3.05) is 13.1 Å². The van der Waals surface area contributed by atoms with Crippen LogP contribution in [0.2, 0.25) is 0 Å². The second kappa shape index (κ2) is 5.61. The number of carbonyl (C=O) groups excluding carboxylic acids is 1. The van der Waals surface area contributed by atoms with Gasteiger partial charge in [0, 0.05) is 19.6 Å². The van der Waals surface area contributed by atoms with Gasteiger partial charge in [-0.2, -0.15) is 0 Å². The third-order valence-corrected chi connectivity index (χ3v) is 3.57. The van der Waals surface area contributed by atoms with Crippen LogP contribution in [-0.2, 0) is 6.54 Å². The number of nitrogens with one attached hydrogen (secondary N) is 2. The fourth-order valence-corrected chi connectivity index (χ4v) is 2.04. The molecule has 1 aliphatic rings. The summed E-state index contributed by atoms with van der Waals surface area (Å²) >= 11 is 0. The Morgan fingerprint density at radius 1 is 1.52 bits per heavy atom. The van der Waals surface area contributed by atoms with Crippen molar-refractivity contribution in [3.05, 3.63) is 47.0 Å². The second-order valence-electron chi connectivity index (χ2n) is 5.16. The van der Waals surface area contributed by atoms with E-state index in [0.717, 1.165) is 13.1 Å². The highest BCUT2D eigenvalue weighted by Gasteiger charge is 2.21. The molecule has 0 aliphatic carbocycles. The molecule has 1 aliphatic heterocycles. The third kappa shape index (κ3) is 2.92. The Morgan fingerprint density at radius 2 is 2.33 bits per heavy atom. The molecular weight excluding hydrogens is 273 g/mol. The van der Waals surface area contributed by atoms with Crippen LogP contribution in [0.3, 0.4) is 0 Å². The van der Waals surface area contributed by atoms with Crippen LogP contribution >= 0.6 is 0 Å². The van der Waals surface area contributed by atoms with Crippen LogP contribution in [-0.4, -0.2) is 34.0 Å². The van der Waals surface area contributed by atoms with Crippen molar-refractivity contribution in [1.82, 2.24) is 25.6 Å². The quantitative estimate of drug-likeness (QED) is 0.873. The van der Waals surface area contributed by atoms with Crippen LogP contribution in [0, 0.1) is 12.7 Å². The summed E-state index contributed by atoms with van der Waals surface area (Å²) in [5.74, 6) is -0.584. The summed E-state index contributed by atoms with van der Waals surface area (Å²) in [4.78, 5) is 12.0. The zero-order valence-electron chi connectivity index (χ0n) is 11.6. The summed E-state index contributed by atoms with van der Waals surface area (Å²) in [6.07, 6.45) is 1.64. The fraction of sp³-hybridized carbons (Fsp3) is 0.357. The maximum atomic E-state index is 13.4. The lowest BCUT2D eigenvalue weighted by Gasteiger charge is -2.26. The van der Waals surface area contributed by atoms with Crippen LogP contribution in [0.1, 0.15) is 27.7 Å². The number of hydrogen-bond donors (Lipinski definition) is 2. The monoisotopic (exact) mass is 289 g/mol. The van der Waals surface area contributed by atoms with Gasteiger partial charge in [-0.25, -0.2) is 9.07 Å². The van der Waals surface area contributed by atoms with E-state index in [1.54, 1.807) is 29.9 Å². The Hall–Kier alpha value is -2.28. The molecule has 1 saturated heterocycles. The maximum Gasteiger partial charge on any atom is 0.273 e. The summed E-state index contributed by atoms with van der Waals surface area (Å²) in [6.45, 7) is 3.64. The van der Waals surface area contributed by atoms with Gasteiger partial charge >= 0.3 is 0 Å². The largest absolute Gasteiger partial charge is 0.347 e. The standard InChI is InChI=1S/C14H16FN5O/c1-9-2-3-10(4-12(9)15)5-17-14(21)13-8-20(19-18-13)11-6-16-7-11/h2-4,8,11,16H,5-7H2,1H3,(H,17,21). The molecule has 0 radical (unpaired) electrons. The molecule has 2 aromatic rings. The van der Waals surface area contributed by atoms with E-state index in [0.29, 0.717) is 11.1 Å². The zero-order chi connectivity index (χ0) is 14.8. The molecule has 3 rings (SSSR count). The molecule has 1 fully saturated rings. The van der Waals surface area contributed by atoms with E-state index >= 15 is 0 Å². The molecule has 0 saturated carbocycles. The first-order valence-corrected chi connectivity index (χ1v) is 6.79. The van der Waals surface area contributed by atoms with Crippen LogP contribution in [0.25, 0.3) is 0 Å². The fourth-order valence-electron chi connectivity index (χ4n) is 2.04. The van der Waals surface area contributed by atoms with Crippen molar-refractivity contribution >= 4 is 5.91 Å². The van der Waals surface area contributed by atoms with Crippen LogP contribution in [0.5, 0.6) is 0 Å². The summed E-state index contributed by atoms with van der Waals surface area (Å²) in [7, 11) is 0. The highest BCUT2D eigenvalue weighted by Crippen LogP contribution is 2.11. The molecule has 0 unspecified atom stereocenters. The molecule has 7 heteroatoms. The van der Waals surface area contributed by atoms with Crippen molar-refractivity contribution in [3.8, 4) is 0 Å². The topological polar surface area (TPSA) is 71.8 Å². The molecule has 1 aromatic carbocycles. The van der Waals surface area contributed by atoms with Crippen molar-refractivity contribution in [2.45, 2.75) is 19.5 Å². The van der Waals surface area contributed by atoms with Crippen molar-refractivity contribution in [2.24, 2.45) is 0 Å². The molecule has 0 bridgehead atoms. The van der Waals surface area contributed by atoms with Gasteiger partial charge in [0.1, 0.15) is 5.82 Å². The van der Waals surface area contributed by atoms with Gasteiger partial charge in [-0.05, 0) is 24.1 Å². The Balaban J connectivity index is 1.60. The third-order valence-electron chi connectivity index (χ3n) is 3.57. The molecule has 1 amide bonds. The first-order valence-electron chi connectivity index (χ1n) is 6.79. The molecule has 0 atom stereocenters. The number of amides is 1. The summed E-state index contributed by atoms with van der Waals surface area (Å²) in [5.41, 5.74) is 1.57. The minimum Gasteiger partial charge on any atom is -0.347 e. The minimum atomic E-state index is -0.311. The first kappa shape index (κ1) is 13.7. The van der Waals surface area contributed by atoms with E-state index in [9.17, 15) is 9.18 Å². The number of carbonyl (C=O) groups is 1. The molecule has 0 spiro atoms. The average molecular weight is 289 g/mol. The number of halogens is 1. The predicted molar refractivity (Wildman–Crippen MR) is 74.2 cm³/mol. The predicted octanol–water partition coefficient (Wildman–Crippen LogP) is 0.800. The lowest BCUT2D eigenvalue weighted by molar-refractivity contribution is 0.0945. The van der Waals surface area contributed by atoms with E-state index in [1.807, 2.05) is 0 Å². The minimum absolute atomic E-state index is 0.258. The Labute approximate surface area is 121 Å². The maximum absolute atomic E-state index is 13.4. The second-order valence-corrected chi connectivity index (χ2v) is 5.16. The summed E-state index contributed by atoms with van der Waals surface area (Å²) in [6, 6.07) is 5.17. The number of benzene rings is 1. The number of aromatic nitrogens is 3. The lowest BCUT2D eigenvalue weighted by Crippen LogP contribution is -2.43. The van der Waals surface area contributed by atoms with Gasteiger partial charge in [0.05, 0.1) is 12.2 Å². The Bertz CT molecular complexity index is 665. The van der Waals surface area contributed by atoms with Gasteiger partial charge in [0.2, 0.25) is 0 Å². The van der Waals surface area contributed by atoms with E-state index in [-0.39, 0.29) is 30.0 Å². The van der Waals surface area contributed by atoms with E-state index in [4.69, 9.17) is 0 Å². The molecule has 1 aromatic heterocycles. The van der Waals surface area contributed by atoms with E-state index in [2.05, 4.69) is 20.9 Å². The molecule has 6 nitrogen and oxygen atoms in total. The lowest BCUT2D eigenvalue weighted by atomic mass is 10.1. The summed E-state index contributed by atoms with van der Waals surface area (Å²) in [5, 5.41) is 13.7. The van der Waals surface area contributed by atoms with Gasteiger partial charge < -0.3 is 10.6 Å². The number of nitrogens with zero attached hydrogens (tertiary/aromatic N) is 3. The zero-order valence-corrected chi connectivity index (χ0v) is 11.6. The molecule has 110 valence electrons. The Morgan fingerprint density at radius 3 is 3.00 bits per heavy atom. The van der Waals surface area contributed by atoms with Gasteiger partial charge in [-0.3, -0.25) is 4.79 Å². The van der Waals surface area contributed by atoms with Gasteiger partial charge in [0.15, 0.2) is 5.69 Å². The van der Waals surface area contributed by atoms with Crippen LogP contribution in [0.4, 0.5) is 4.39 Å². The van der Waals surface area contributed by atoms with Gasteiger partial charge in [-0.15, -0.1) is 5.10 Å². The number of hydrogen-bond acceptors (Lipinski definition) is 4. The van der Waals surface area contributed by atoms with E-state index in [1.165, 1.54) is 6.07 Å². The molecule has 21 heavy (non-hydrogen) atoms. The van der Waals surface area contributed by atoms with E-state index < -0.39 is 0 Å². The molecule has 2 N–H and O–H groups in total. The smallest absolute Gasteiger partial charge is 0.273 e. The van der Waals surface area contributed by atoms with Crippen LogP contribution < -0.4 is 10.6 Å². The highest BCUT2D eigenvalue weighted by molar-refractivity contribution is 5.91.